The Balaban J connectivity index is 0.00000220. The summed E-state index contributed by atoms with van der Waals surface area (Å²) in [4.78, 5) is 19.4. The van der Waals surface area contributed by atoms with Gasteiger partial charge in [-0.1, -0.05) is 13.0 Å². The number of pyridine rings is 1. The minimum absolute atomic E-state index is 0. The lowest BCUT2D eigenvalue weighted by molar-refractivity contribution is 0.0784. The molecule has 1 aromatic heterocycles. The lowest BCUT2D eigenvalue weighted by atomic mass is 9.92. The third-order valence-electron chi connectivity index (χ3n) is 7.24. The summed E-state index contributed by atoms with van der Waals surface area (Å²) in [6.45, 7) is 2.48. The van der Waals surface area contributed by atoms with Crippen molar-refractivity contribution in [1.29, 1.82) is 0 Å². The van der Waals surface area contributed by atoms with Crippen molar-refractivity contribution in [2.75, 3.05) is 23.3 Å². The molecular formula is C27H28Cl2F4N4O3. The highest BCUT2D eigenvalue weighted by Crippen LogP contribution is 2.42. The van der Waals surface area contributed by atoms with Crippen LogP contribution in [0.2, 0.25) is 0 Å². The fraction of sp³-hybridized carbons (Fsp3) is 0.333. The fourth-order valence-corrected chi connectivity index (χ4v) is 5.34. The summed E-state index contributed by atoms with van der Waals surface area (Å²) in [5, 5.41) is 23.3. The number of nitrogens with two attached hydrogens (primary N) is 1. The van der Waals surface area contributed by atoms with Gasteiger partial charge in [0.05, 0.1) is 52.2 Å². The summed E-state index contributed by atoms with van der Waals surface area (Å²) < 4.78 is 58.7. The number of nitrogens with one attached hydrogen (secondary N) is 1. The number of halogens is 6. The predicted octanol–water partition coefficient (Wildman–Crippen LogP) is 4.52. The maximum absolute atomic E-state index is 15.5. The molecule has 1 aliphatic heterocycles. The zero-order chi connectivity index (χ0) is 27.3. The van der Waals surface area contributed by atoms with Gasteiger partial charge in [-0.15, -0.1) is 24.8 Å². The Morgan fingerprint density at radius 2 is 1.68 bits per heavy atom. The molecule has 40 heavy (non-hydrogen) atoms. The van der Waals surface area contributed by atoms with Crippen molar-refractivity contribution in [3.63, 3.8) is 0 Å². The van der Waals surface area contributed by atoms with E-state index in [1.807, 2.05) is 11.8 Å². The molecule has 1 fully saturated rings. The highest BCUT2D eigenvalue weighted by atomic mass is 35.5. The number of aromatic nitrogens is 1. The van der Waals surface area contributed by atoms with Gasteiger partial charge in [0.25, 0.3) is 5.91 Å². The van der Waals surface area contributed by atoms with E-state index in [0.717, 1.165) is 30.3 Å². The minimum Gasteiger partial charge on any atom is -0.391 e. The van der Waals surface area contributed by atoms with Crippen LogP contribution >= 0.6 is 24.8 Å². The first-order valence-corrected chi connectivity index (χ1v) is 12.2. The number of hydrogen-bond acceptors (Lipinski definition) is 6. The van der Waals surface area contributed by atoms with E-state index in [9.17, 15) is 28.2 Å². The van der Waals surface area contributed by atoms with Gasteiger partial charge in [0.15, 0.2) is 0 Å². The second-order valence-corrected chi connectivity index (χ2v) is 9.81. The van der Waals surface area contributed by atoms with Crippen molar-refractivity contribution in [2.24, 2.45) is 11.7 Å². The lowest BCUT2D eigenvalue weighted by Gasteiger charge is -2.41. The molecule has 3 aromatic rings. The number of carbonyl (C=O) groups is 1. The Kier molecular flexibility index (Phi) is 9.69. The maximum atomic E-state index is 15.5. The monoisotopic (exact) mass is 602 g/mol. The van der Waals surface area contributed by atoms with Gasteiger partial charge >= 0.3 is 0 Å². The van der Waals surface area contributed by atoms with Crippen molar-refractivity contribution in [2.45, 2.75) is 38.0 Å². The van der Waals surface area contributed by atoms with Crippen molar-refractivity contribution in [3.8, 4) is 11.1 Å². The molecule has 1 aliphatic carbocycles. The maximum Gasteiger partial charge on any atom is 0.258 e. The first kappa shape index (κ1) is 31.6. The summed E-state index contributed by atoms with van der Waals surface area (Å²) in [5.41, 5.74) is 5.50. The molecule has 0 saturated carbocycles. The molecule has 4 atom stereocenters. The Bertz CT molecular complexity index is 1400. The number of hydrogen-bond donors (Lipinski definition) is 4. The highest BCUT2D eigenvalue weighted by molar-refractivity contribution is 6.07. The van der Waals surface area contributed by atoms with Crippen LogP contribution < -0.4 is 16.0 Å². The van der Waals surface area contributed by atoms with Crippen LogP contribution in [0.3, 0.4) is 0 Å². The molecule has 5 rings (SSSR count). The standard InChI is InChI=1S/C27H26F4N4O3.2ClH/c1-12-10-35(11-18(32)26(12)37)25-14-6-8-20(36)24(14)33-9-19(25)34-27(38)13-5-7-17(30)22(23(13)31)21-15(28)3-2-4-16(21)29;;/h2-5,7,9,12,18,20,26,36-37H,6,8,10-11,32H2,1H3,(H,34,38);2*1H/t12-,18+,20?,26+;;/m0../s1. The number of rotatable bonds is 4. The van der Waals surface area contributed by atoms with E-state index in [1.165, 1.54) is 6.20 Å². The first-order chi connectivity index (χ1) is 18.1. The quantitative estimate of drug-likeness (QED) is 0.327. The van der Waals surface area contributed by atoms with E-state index in [0.29, 0.717) is 36.3 Å². The number of aliphatic hydroxyl groups excluding tert-OH is 2. The smallest absolute Gasteiger partial charge is 0.258 e. The van der Waals surface area contributed by atoms with E-state index in [4.69, 9.17) is 5.73 Å². The number of nitrogens with zero attached hydrogens (tertiary/aromatic N) is 2. The molecule has 5 N–H and O–H groups in total. The molecule has 0 spiro atoms. The summed E-state index contributed by atoms with van der Waals surface area (Å²) in [6, 6.07) is 3.87. The summed E-state index contributed by atoms with van der Waals surface area (Å²) >= 11 is 0. The largest absolute Gasteiger partial charge is 0.391 e. The Morgan fingerprint density at radius 3 is 2.33 bits per heavy atom. The van der Waals surface area contributed by atoms with Crippen LogP contribution in [0, 0.1) is 29.2 Å². The normalized spacial score (nSPS) is 21.8. The third kappa shape index (κ3) is 5.48. The topological polar surface area (TPSA) is 112 Å². The third-order valence-corrected chi connectivity index (χ3v) is 7.24. The molecule has 216 valence electrons. The number of carbonyl (C=O) groups excluding carboxylic acids is 1. The number of benzene rings is 2. The van der Waals surface area contributed by atoms with Crippen LogP contribution in [0.25, 0.3) is 11.1 Å². The molecule has 2 heterocycles. The van der Waals surface area contributed by atoms with Gasteiger partial charge in [0.1, 0.15) is 23.3 Å². The van der Waals surface area contributed by atoms with Crippen LogP contribution in [0.15, 0.2) is 36.5 Å². The van der Waals surface area contributed by atoms with E-state index in [-0.39, 0.29) is 43.0 Å². The number of amides is 1. The Labute approximate surface area is 240 Å². The molecule has 1 saturated heterocycles. The van der Waals surface area contributed by atoms with E-state index >= 15 is 4.39 Å². The summed E-state index contributed by atoms with van der Waals surface area (Å²) in [7, 11) is 0. The van der Waals surface area contributed by atoms with Crippen molar-refractivity contribution >= 4 is 42.1 Å². The minimum atomic E-state index is -1.42. The highest BCUT2D eigenvalue weighted by Gasteiger charge is 2.36. The SMILES string of the molecule is C[C@H]1CN(c2c(NC(=O)c3ccc(F)c(-c4c(F)cccc4F)c3F)cnc3c2CCC3O)C[C@@H](N)[C@@H]1O.Cl.Cl. The second kappa shape index (κ2) is 12.3. The zero-order valence-electron chi connectivity index (χ0n) is 21.2. The first-order valence-electron chi connectivity index (χ1n) is 12.2. The molecular weight excluding hydrogens is 575 g/mol. The molecule has 0 radical (unpaired) electrons. The average Bonchev–Trinajstić information content (AvgIpc) is 3.24. The zero-order valence-corrected chi connectivity index (χ0v) is 22.8. The fourth-order valence-electron chi connectivity index (χ4n) is 5.34. The average molecular weight is 603 g/mol. The molecule has 1 unspecified atom stereocenters. The van der Waals surface area contributed by atoms with Gasteiger partial charge < -0.3 is 26.2 Å². The van der Waals surface area contributed by atoms with Crippen LogP contribution in [0.4, 0.5) is 28.9 Å². The van der Waals surface area contributed by atoms with E-state index < -0.39 is 64.1 Å². The van der Waals surface area contributed by atoms with Crippen LogP contribution in [-0.2, 0) is 6.42 Å². The van der Waals surface area contributed by atoms with E-state index in [2.05, 4.69) is 10.3 Å². The number of piperidine rings is 1. The summed E-state index contributed by atoms with van der Waals surface area (Å²) in [5.74, 6) is -6.20. The Hall–Kier alpha value is -2.96. The molecule has 13 heteroatoms. The van der Waals surface area contributed by atoms with E-state index in [1.54, 1.807) is 0 Å². The van der Waals surface area contributed by atoms with Crippen molar-refractivity contribution in [3.05, 3.63) is 76.6 Å². The number of aliphatic hydroxyl groups is 2. The molecule has 2 aliphatic rings. The Morgan fingerprint density at radius 1 is 1.02 bits per heavy atom. The second-order valence-electron chi connectivity index (χ2n) is 9.81. The molecule has 2 aromatic carbocycles. The van der Waals surface area contributed by atoms with Gasteiger partial charge in [-0.05, 0) is 37.1 Å². The molecule has 7 nitrogen and oxygen atoms in total. The van der Waals surface area contributed by atoms with Gasteiger partial charge in [-0.3, -0.25) is 9.78 Å². The van der Waals surface area contributed by atoms with Crippen molar-refractivity contribution in [1.82, 2.24) is 4.98 Å². The van der Waals surface area contributed by atoms with Crippen LogP contribution in [0.1, 0.15) is 41.1 Å². The van der Waals surface area contributed by atoms with Gasteiger partial charge in [-0.2, -0.15) is 0 Å². The lowest BCUT2D eigenvalue weighted by Crippen LogP contribution is -2.56. The summed E-state index contributed by atoms with van der Waals surface area (Å²) in [6.07, 6.45) is 0.709. The van der Waals surface area contributed by atoms with Crippen LogP contribution in [0.5, 0.6) is 0 Å². The van der Waals surface area contributed by atoms with Crippen LogP contribution in [-0.4, -0.2) is 46.3 Å². The molecule has 1 amide bonds. The van der Waals surface area contributed by atoms with Crippen molar-refractivity contribution < 1.29 is 32.6 Å². The van der Waals surface area contributed by atoms with Gasteiger partial charge in [-0.25, -0.2) is 17.6 Å². The van der Waals surface area contributed by atoms with Gasteiger partial charge in [0.2, 0.25) is 0 Å². The molecule has 0 bridgehead atoms. The number of anilines is 2. The number of fused-ring (bicyclic) bond motifs is 1. The van der Waals surface area contributed by atoms with Gasteiger partial charge in [0, 0.05) is 30.6 Å². The predicted molar refractivity (Wildman–Crippen MR) is 147 cm³/mol.